The van der Waals surface area contributed by atoms with Gasteiger partial charge in [-0.3, -0.25) is 9.69 Å². The van der Waals surface area contributed by atoms with Crippen LogP contribution >= 0.6 is 0 Å². The van der Waals surface area contributed by atoms with E-state index in [1.807, 2.05) is 11.8 Å². The van der Waals surface area contributed by atoms with Gasteiger partial charge in [0.2, 0.25) is 5.91 Å². The third-order valence-corrected chi connectivity index (χ3v) is 6.67. The summed E-state index contributed by atoms with van der Waals surface area (Å²) in [6.45, 7) is 6.83. The molecule has 2 saturated heterocycles. The van der Waals surface area contributed by atoms with E-state index in [9.17, 15) is 13.6 Å². The summed E-state index contributed by atoms with van der Waals surface area (Å²) in [4.78, 5) is 17.0. The molecular weight excluding hydrogens is 336 g/mol. The molecule has 2 aliphatic heterocycles. The van der Waals surface area contributed by atoms with Crippen LogP contribution in [0.15, 0.2) is 18.2 Å². The van der Waals surface area contributed by atoms with Crippen LogP contribution in [0.2, 0.25) is 0 Å². The Bertz CT molecular complexity index is 682. The van der Waals surface area contributed by atoms with Gasteiger partial charge in [-0.15, -0.1) is 0 Å². The fourth-order valence-electron chi connectivity index (χ4n) is 4.76. The molecule has 0 aromatic heterocycles. The Kier molecular flexibility index (Phi) is 4.73. The van der Waals surface area contributed by atoms with Crippen molar-refractivity contribution in [2.24, 2.45) is 11.3 Å². The molecule has 2 unspecified atom stereocenters. The van der Waals surface area contributed by atoms with E-state index >= 15 is 0 Å². The number of hydrogen-bond donors (Lipinski definition) is 1. The molecular formula is C20H27F2N3O. The lowest BCUT2D eigenvalue weighted by Crippen LogP contribution is -2.50. The number of benzene rings is 1. The highest BCUT2D eigenvalue weighted by Crippen LogP contribution is 2.59. The van der Waals surface area contributed by atoms with Crippen molar-refractivity contribution in [2.45, 2.75) is 32.2 Å². The fraction of sp³-hybridized carbons (Fsp3) is 0.650. The molecule has 2 heterocycles. The summed E-state index contributed by atoms with van der Waals surface area (Å²) in [7, 11) is 0. The molecule has 26 heavy (non-hydrogen) atoms. The van der Waals surface area contributed by atoms with Gasteiger partial charge in [0.05, 0.1) is 0 Å². The van der Waals surface area contributed by atoms with Gasteiger partial charge in [-0.25, -0.2) is 8.78 Å². The van der Waals surface area contributed by atoms with E-state index < -0.39 is 11.6 Å². The molecule has 4 rings (SSSR count). The Morgan fingerprint density at radius 2 is 1.88 bits per heavy atom. The molecule has 6 heteroatoms. The van der Waals surface area contributed by atoms with Crippen LogP contribution in [0.1, 0.15) is 37.8 Å². The number of carbonyl (C=O) groups excluding carboxylic acids is 1. The summed E-state index contributed by atoms with van der Waals surface area (Å²) < 4.78 is 27.2. The number of halogens is 2. The van der Waals surface area contributed by atoms with Gasteiger partial charge in [-0.2, -0.15) is 0 Å². The van der Waals surface area contributed by atoms with Crippen molar-refractivity contribution in [1.82, 2.24) is 15.1 Å². The molecule has 1 aromatic carbocycles. The smallest absolute Gasteiger partial charge is 0.226 e. The van der Waals surface area contributed by atoms with Crippen LogP contribution < -0.4 is 5.32 Å². The third-order valence-electron chi connectivity index (χ3n) is 6.67. The summed E-state index contributed by atoms with van der Waals surface area (Å²) in [6, 6.07) is 3.65. The summed E-state index contributed by atoms with van der Waals surface area (Å²) in [5.74, 6) is -0.526. The van der Waals surface area contributed by atoms with Crippen molar-refractivity contribution in [3.8, 4) is 0 Å². The highest BCUT2D eigenvalue weighted by molar-refractivity contribution is 5.83. The van der Waals surface area contributed by atoms with Crippen molar-refractivity contribution in [3.05, 3.63) is 35.4 Å². The maximum atomic E-state index is 14.0. The van der Waals surface area contributed by atoms with Gasteiger partial charge in [0.15, 0.2) is 0 Å². The topological polar surface area (TPSA) is 35.6 Å². The first-order chi connectivity index (χ1) is 12.5. The number of piperazine rings is 1. The molecule has 1 spiro atoms. The maximum Gasteiger partial charge on any atom is 0.226 e. The van der Waals surface area contributed by atoms with Gasteiger partial charge < -0.3 is 10.2 Å². The highest BCUT2D eigenvalue weighted by Gasteiger charge is 2.58. The standard InChI is InChI=1S/C20H27F2N3O/c1-14(16-3-2-15(21)12-18(16)22)24-8-10-25(11-9-24)19(26)17-13-20(17)4-6-23-7-5-20/h2-3,12,14,17,23H,4-11,13H2,1H3. The molecule has 1 amide bonds. The lowest BCUT2D eigenvalue weighted by molar-refractivity contribution is -0.135. The monoisotopic (exact) mass is 363 g/mol. The number of amides is 1. The zero-order valence-electron chi connectivity index (χ0n) is 15.3. The molecule has 1 aliphatic carbocycles. The number of hydrogen-bond acceptors (Lipinski definition) is 3. The fourth-order valence-corrected chi connectivity index (χ4v) is 4.76. The zero-order chi connectivity index (χ0) is 18.3. The molecule has 142 valence electrons. The number of nitrogens with zero attached hydrogens (tertiary/aromatic N) is 2. The van der Waals surface area contributed by atoms with Crippen LogP contribution in [-0.2, 0) is 4.79 Å². The first-order valence-corrected chi connectivity index (χ1v) is 9.69. The number of piperidine rings is 1. The van der Waals surface area contributed by atoms with E-state index in [2.05, 4.69) is 10.2 Å². The lowest BCUT2D eigenvalue weighted by atomic mass is 9.91. The SMILES string of the molecule is CC(c1ccc(F)cc1F)N1CCN(C(=O)C2CC23CCNCC3)CC1. The normalized spacial score (nSPS) is 26.7. The maximum absolute atomic E-state index is 14.0. The van der Waals surface area contributed by atoms with Crippen LogP contribution in [-0.4, -0.2) is 55.0 Å². The summed E-state index contributed by atoms with van der Waals surface area (Å²) in [5, 5.41) is 3.38. The first kappa shape index (κ1) is 17.9. The zero-order valence-corrected chi connectivity index (χ0v) is 15.3. The van der Waals surface area contributed by atoms with E-state index in [-0.39, 0.29) is 17.4 Å². The number of rotatable bonds is 3. The number of carbonyl (C=O) groups is 1. The molecule has 1 N–H and O–H groups in total. The van der Waals surface area contributed by atoms with Crippen molar-refractivity contribution in [3.63, 3.8) is 0 Å². The van der Waals surface area contributed by atoms with Gasteiger partial charge >= 0.3 is 0 Å². The molecule has 4 nitrogen and oxygen atoms in total. The van der Waals surface area contributed by atoms with Crippen LogP contribution in [0.25, 0.3) is 0 Å². The third kappa shape index (κ3) is 3.25. The second-order valence-corrected chi connectivity index (χ2v) is 8.07. The van der Waals surface area contributed by atoms with Crippen LogP contribution in [0.5, 0.6) is 0 Å². The molecule has 1 saturated carbocycles. The van der Waals surface area contributed by atoms with E-state index in [1.54, 1.807) is 0 Å². The largest absolute Gasteiger partial charge is 0.340 e. The van der Waals surface area contributed by atoms with Gasteiger partial charge in [-0.05, 0) is 50.8 Å². The second-order valence-electron chi connectivity index (χ2n) is 8.07. The quantitative estimate of drug-likeness (QED) is 0.897. The Labute approximate surface area is 153 Å². The Balaban J connectivity index is 1.33. The van der Waals surface area contributed by atoms with Gasteiger partial charge in [0, 0.05) is 49.8 Å². The minimum atomic E-state index is -0.551. The minimum absolute atomic E-state index is 0.121. The molecule has 0 radical (unpaired) electrons. The molecule has 3 aliphatic rings. The molecule has 0 bridgehead atoms. The van der Waals surface area contributed by atoms with Crippen LogP contribution in [0, 0.1) is 23.0 Å². The summed E-state index contributed by atoms with van der Waals surface area (Å²) in [6.07, 6.45) is 3.28. The lowest BCUT2D eigenvalue weighted by Gasteiger charge is -2.38. The van der Waals surface area contributed by atoms with Crippen molar-refractivity contribution >= 4 is 5.91 Å². The van der Waals surface area contributed by atoms with E-state index in [0.29, 0.717) is 24.6 Å². The first-order valence-electron chi connectivity index (χ1n) is 9.69. The molecule has 1 aromatic rings. The molecule has 3 fully saturated rings. The van der Waals surface area contributed by atoms with E-state index in [4.69, 9.17) is 0 Å². The average Bonchev–Trinajstić information content (AvgIpc) is 3.34. The predicted molar refractivity (Wildman–Crippen MR) is 95.6 cm³/mol. The minimum Gasteiger partial charge on any atom is -0.340 e. The molecule has 2 atom stereocenters. The average molecular weight is 363 g/mol. The van der Waals surface area contributed by atoms with Gasteiger partial charge in [-0.1, -0.05) is 6.07 Å². The van der Waals surface area contributed by atoms with Crippen LogP contribution in [0.3, 0.4) is 0 Å². The van der Waals surface area contributed by atoms with Crippen molar-refractivity contribution in [1.29, 1.82) is 0 Å². The Morgan fingerprint density at radius 1 is 1.19 bits per heavy atom. The predicted octanol–water partition coefficient (Wildman–Crippen LogP) is 2.56. The Morgan fingerprint density at radius 3 is 2.54 bits per heavy atom. The second kappa shape index (κ2) is 6.89. The Hall–Kier alpha value is -1.53. The van der Waals surface area contributed by atoms with E-state index in [1.165, 1.54) is 12.1 Å². The van der Waals surface area contributed by atoms with Crippen LogP contribution in [0.4, 0.5) is 8.78 Å². The van der Waals surface area contributed by atoms with Crippen molar-refractivity contribution < 1.29 is 13.6 Å². The van der Waals surface area contributed by atoms with Crippen molar-refractivity contribution in [2.75, 3.05) is 39.3 Å². The number of nitrogens with one attached hydrogen (secondary N) is 1. The summed E-state index contributed by atoms with van der Waals surface area (Å²) >= 11 is 0. The highest BCUT2D eigenvalue weighted by atomic mass is 19.1. The van der Waals surface area contributed by atoms with Gasteiger partial charge in [0.25, 0.3) is 0 Å². The van der Waals surface area contributed by atoms with E-state index in [0.717, 1.165) is 51.5 Å². The van der Waals surface area contributed by atoms with Gasteiger partial charge in [0.1, 0.15) is 11.6 Å². The summed E-state index contributed by atoms with van der Waals surface area (Å²) in [5.41, 5.74) is 0.784.